The zero-order chi connectivity index (χ0) is 18.0. The Kier molecular flexibility index (Phi) is 4.82. The van der Waals surface area contributed by atoms with Gasteiger partial charge >= 0.3 is 0 Å². The van der Waals surface area contributed by atoms with Gasteiger partial charge in [-0.05, 0) is 48.9 Å². The zero-order valence-corrected chi connectivity index (χ0v) is 15.3. The quantitative estimate of drug-likeness (QED) is 0.871. The number of nitrogens with zero attached hydrogens (tertiary/aromatic N) is 1. The van der Waals surface area contributed by atoms with Crippen LogP contribution in [0, 0.1) is 0 Å². The number of sulfonamides is 1. The van der Waals surface area contributed by atoms with Crippen LogP contribution >= 0.6 is 0 Å². The number of aryl methyl sites for hydroxylation is 1. The van der Waals surface area contributed by atoms with E-state index in [0.29, 0.717) is 29.7 Å². The summed E-state index contributed by atoms with van der Waals surface area (Å²) in [5.74, 6) is 0.399. The number of fused-ring (bicyclic) bond motifs is 1. The summed E-state index contributed by atoms with van der Waals surface area (Å²) in [6.07, 6.45) is 6.21. The van der Waals surface area contributed by atoms with E-state index in [0.717, 1.165) is 43.2 Å². The molecule has 2 aliphatic rings. The average Bonchev–Trinajstić information content (AvgIpc) is 3.14. The van der Waals surface area contributed by atoms with Crippen LogP contribution in [0.15, 0.2) is 41.4 Å². The fourth-order valence-corrected chi connectivity index (χ4v) is 4.88. The van der Waals surface area contributed by atoms with Crippen molar-refractivity contribution in [1.82, 2.24) is 4.98 Å². The van der Waals surface area contributed by atoms with Crippen LogP contribution in [0.4, 0.5) is 5.69 Å². The monoisotopic (exact) mass is 374 g/mol. The van der Waals surface area contributed by atoms with Gasteiger partial charge in [0.25, 0.3) is 10.0 Å². The van der Waals surface area contributed by atoms with Gasteiger partial charge in [-0.1, -0.05) is 12.1 Å². The van der Waals surface area contributed by atoms with Gasteiger partial charge in [-0.3, -0.25) is 4.72 Å². The van der Waals surface area contributed by atoms with Crippen LogP contribution in [0.2, 0.25) is 0 Å². The summed E-state index contributed by atoms with van der Waals surface area (Å²) in [4.78, 5) is 4.54. The minimum absolute atomic E-state index is 0.0319. The zero-order valence-electron chi connectivity index (χ0n) is 14.5. The predicted molar refractivity (Wildman–Crippen MR) is 98.0 cm³/mol. The highest BCUT2D eigenvalue weighted by atomic mass is 32.2. The maximum atomic E-state index is 12.9. The molecule has 1 aromatic heterocycles. The summed E-state index contributed by atoms with van der Waals surface area (Å²) in [6.45, 7) is 1.21. The van der Waals surface area contributed by atoms with E-state index < -0.39 is 10.0 Å². The maximum absolute atomic E-state index is 12.9. The van der Waals surface area contributed by atoms with E-state index in [1.807, 2.05) is 12.1 Å². The molecule has 1 aliphatic carbocycles. The summed E-state index contributed by atoms with van der Waals surface area (Å²) in [5.41, 5.74) is 2.53. The molecule has 4 rings (SSSR count). The average molecular weight is 374 g/mol. The lowest BCUT2D eigenvalue weighted by atomic mass is 9.92. The van der Waals surface area contributed by atoms with Crippen molar-refractivity contribution in [3.05, 3.63) is 47.7 Å². The summed E-state index contributed by atoms with van der Waals surface area (Å²) in [5, 5.41) is 0. The van der Waals surface area contributed by atoms with Gasteiger partial charge < -0.3 is 9.47 Å². The third-order valence-electron chi connectivity index (χ3n) is 4.80. The van der Waals surface area contributed by atoms with Gasteiger partial charge in [0.2, 0.25) is 5.88 Å². The highest BCUT2D eigenvalue weighted by molar-refractivity contribution is 7.92. The molecule has 2 heterocycles. The van der Waals surface area contributed by atoms with Crippen molar-refractivity contribution >= 4 is 15.7 Å². The lowest BCUT2D eigenvalue weighted by Gasteiger charge is -2.20. The molecule has 0 radical (unpaired) electrons. The number of hydrogen-bond donors (Lipinski definition) is 1. The van der Waals surface area contributed by atoms with Crippen LogP contribution in [-0.4, -0.2) is 32.7 Å². The molecule has 1 unspecified atom stereocenters. The Morgan fingerprint density at radius 1 is 1.19 bits per heavy atom. The molecule has 0 saturated carbocycles. The molecule has 1 saturated heterocycles. The number of anilines is 1. The minimum Gasteiger partial charge on any atom is -0.472 e. The van der Waals surface area contributed by atoms with Gasteiger partial charge in [0, 0.05) is 18.7 Å². The normalized spacial score (nSPS) is 19.8. The lowest BCUT2D eigenvalue weighted by molar-refractivity contribution is 0.138. The van der Waals surface area contributed by atoms with Crippen molar-refractivity contribution < 1.29 is 17.9 Å². The van der Waals surface area contributed by atoms with Gasteiger partial charge in [0.05, 0.1) is 23.8 Å². The van der Waals surface area contributed by atoms with Crippen molar-refractivity contribution in [2.24, 2.45) is 0 Å². The first-order chi connectivity index (χ1) is 12.6. The van der Waals surface area contributed by atoms with E-state index in [4.69, 9.17) is 9.47 Å². The summed E-state index contributed by atoms with van der Waals surface area (Å²) in [6, 6.07) is 8.77. The molecule has 0 spiro atoms. The third-order valence-corrected chi connectivity index (χ3v) is 6.27. The number of aromatic nitrogens is 1. The van der Waals surface area contributed by atoms with Crippen LogP contribution in [0.3, 0.4) is 0 Å². The lowest BCUT2D eigenvalue weighted by Crippen LogP contribution is -2.18. The summed E-state index contributed by atoms with van der Waals surface area (Å²) in [7, 11) is -3.66. The van der Waals surface area contributed by atoms with E-state index in [1.54, 1.807) is 24.4 Å². The van der Waals surface area contributed by atoms with Gasteiger partial charge in [-0.15, -0.1) is 0 Å². The molecule has 6 nitrogen and oxygen atoms in total. The van der Waals surface area contributed by atoms with E-state index in [2.05, 4.69) is 9.71 Å². The Morgan fingerprint density at radius 3 is 2.92 bits per heavy atom. The van der Waals surface area contributed by atoms with Gasteiger partial charge in [-0.25, -0.2) is 13.4 Å². The highest BCUT2D eigenvalue weighted by Gasteiger charge is 2.23. The smallest absolute Gasteiger partial charge is 0.262 e. The molecule has 7 heteroatoms. The van der Waals surface area contributed by atoms with Gasteiger partial charge in [-0.2, -0.15) is 0 Å². The minimum atomic E-state index is -3.66. The second-order valence-corrected chi connectivity index (χ2v) is 8.34. The molecular formula is C19H22N2O4S. The van der Waals surface area contributed by atoms with Crippen LogP contribution in [0.1, 0.15) is 30.4 Å². The van der Waals surface area contributed by atoms with Crippen molar-refractivity contribution in [2.45, 2.75) is 43.1 Å². The summed E-state index contributed by atoms with van der Waals surface area (Å²) >= 11 is 0. The molecular weight excluding hydrogens is 352 g/mol. The predicted octanol–water partition coefficient (Wildman–Crippen LogP) is 2.93. The Bertz CT molecular complexity index is 892. The number of hydrogen-bond acceptors (Lipinski definition) is 5. The second-order valence-electron chi connectivity index (χ2n) is 6.69. The van der Waals surface area contributed by atoms with Crippen LogP contribution < -0.4 is 9.46 Å². The topological polar surface area (TPSA) is 77.5 Å². The fourth-order valence-electron chi connectivity index (χ4n) is 3.52. The molecule has 138 valence electrons. The first-order valence-electron chi connectivity index (χ1n) is 8.96. The van der Waals surface area contributed by atoms with Gasteiger partial charge in [0.15, 0.2) is 0 Å². The Morgan fingerprint density at radius 2 is 2.08 bits per heavy atom. The molecule has 1 fully saturated rings. The Balaban J connectivity index is 1.56. The molecule has 26 heavy (non-hydrogen) atoms. The van der Waals surface area contributed by atoms with E-state index in [9.17, 15) is 8.42 Å². The summed E-state index contributed by atoms with van der Waals surface area (Å²) < 4.78 is 39.6. The van der Waals surface area contributed by atoms with E-state index in [1.165, 1.54) is 0 Å². The number of pyridine rings is 1. The second kappa shape index (κ2) is 7.25. The molecule has 2 aromatic rings. The first-order valence-corrected chi connectivity index (χ1v) is 10.4. The van der Waals surface area contributed by atoms with Crippen LogP contribution in [-0.2, 0) is 27.6 Å². The molecule has 1 N–H and O–H groups in total. The van der Waals surface area contributed by atoms with E-state index >= 15 is 0 Å². The van der Waals surface area contributed by atoms with Gasteiger partial charge in [0.1, 0.15) is 6.10 Å². The van der Waals surface area contributed by atoms with Crippen LogP contribution in [0.5, 0.6) is 5.88 Å². The third kappa shape index (κ3) is 3.68. The SMILES string of the molecule is O=S(=O)(Nc1ccnc(OC2CCOC2)c1)c1cccc2c1CCCC2. The number of benzene rings is 1. The Labute approximate surface area is 153 Å². The maximum Gasteiger partial charge on any atom is 0.262 e. The number of ether oxygens (including phenoxy) is 2. The molecule has 1 atom stereocenters. The Hall–Kier alpha value is -2.12. The van der Waals surface area contributed by atoms with Crippen LogP contribution in [0.25, 0.3) is 0 Å². The van der Waals surface area contributed by atoms with Crippen molar-refractivity contribution in [1.29, 1.82) is 0 Å². The molecule has 0 amide bonds. The molecule has 1 aromatic carbocycles. The number of nitrogens with one attached hydrogen (secondary N) is 1. The molecule has 0 bridgehead atoms. The van der Waals surface area contributed by atoms with E-state index in [-0.39, 0.29) is 6.10 Å². The number of rotatable bonds is 5. The fraction of sp³-hybridized carbons (Fsp3) is 0.421. The standard InChI is InChI=1S/C19H22N2O4S/c22-26(23,18-7-3-5-14-4-1-2-6-17(14)18)21-15-8-10-20-19(12-15)25-16-9-11-24-13-16/h3,5,7-8,10,12,16H,1-2,4,6,9,11,13H2,(H,20,21). The highest BCUT2D eigenvalue weighted by Crippen LogP contribution is 2.29. The van der Waals surface area contributed by atoms with Crippen molar-refractivity contribution in [3.8, 4) is 5.88 Å². The van der Waals surface area contributed by atoms with Crippen molar-refractivity contribution in [2.75, 3.05) is 17.9 Å². The van der Waals surface area contributed by atoms with Crippen molar-refractivity contribution in [3.63, 3.8) is 0 Å². The first kappa shape index (κ1) is 17.3. The molecule has 1 aliphatic heterocycles. The largest absolute Gasteiger partial charge is 0.472 e.